The molecule has 0 bridgehead atoms. The topological polar surface area (TPSA) is 33.6 Å². The van der Waals surface area contributed by atoms with Gasteiger partial charge in [0.1, 0.15) is 5.80 Å². The average molecular weight is 393 g/mol. The van der Waals surface area contributed by atoms with Crippen molar-refractivity contribution in [2.45, 2.75) is 58.0 Å². The Labute approximate surface area is 154 Å². The van der Waals surface area contributed by atoms with Crippen molar-refractivity contribution < 1.29 is 31.1 Å². The molecule has 27 heavy (non-hydrogen) atoms. The molecule has 0 atom stereocenters. The van der Waals surface area contributed by atoms with Crippen molar-refractivity contribution in [1.29, 1.82) is 0 Å². The number of alkyl halides is 6. The Balaban J connectivity index is 2.68. The van der Waals surface area contributed by atoms with Crippen LogP contribution in [-0.2, 0) is 10.3 Å². The van der Waals surface area contributed by atoms with Gasteiger partial charge in [0.2, 0.25) is 7.28 Å². The van der Waals surface area contributed by atoms with Gasteiger partial charge in [-0.1, -0.05) is 26.1 Å². The molecule has 0 amide bonds. The maximum atomic E-state index is 13.8. The average Bonchev–Trinajstić information content (AvgIpc) is 2.49. The summed E-state index contributed by atoms with van der Waals surface area (Å²) in [7, 11) is 1.15. The fourth-order valence-corrected chi connectivity index (χ4v) is 2.70. The highest BCUT2D eigenvalue weighted by Gasteiger charge is 2.76. The van der Waals surface area contributed by atoms with Gasteiger partial charge >= 0.3 is 18.0 Å². The Morgan fingerprint density at radius 2 is 1.67 bits per heavy atom. The van der Waals surface area contributed by atoms with Crippen LogP contribution in [0.3, 0.4) is 0 Å². The van der Waals surface area contributed by atoms with Crippen LogP contribution < -0.4 is 5.32 Å². The molecule has 0 saturated carbocycles. The Kier molecular flexibility index (Phi) is 5.78. The van der Waals surface area contributed by atoms with Crippen LogP contribution >= 0.6 is 0 Å². The Bertz CT molecular complexity index is 698. The number of hydrogen-bond acceptors (Lipinski definition) is 3. The number of nitrogens with one attached hydrogen (secondary N) is 1. The standard InChI is InChI=1S/C17H20BF6N2O/c1-9(2)8-18-14-26-13-6-5-11(25-10(3)4)7-12(13)15(27-14,16(19,20)21)17(22,23)24/h5-7,9-10,25H,8H2,1-4H3. The maximum Gasteiger partial charge on any atom is 0.442 e. The molecule has 1 N–H and O–H groups in total. The monoisotopic (exact) mass is 393 g/mol. The second-order valence-corrected chi connectivity index (χ2v) is 7.09. The summed E-state index contributed by atoms with van der Waals surface area (Å²) in [5.41, 5.74) is -5.85. The van der Waals surface area contributed by atoms with E-state index in [0.29, 0.717) is 0 Å². The van der Waals surface area contributed by atoms with Crippen LogP contribution in [0.25, 0.3) is 0 Å². The quantitative estimate of drug-likeness (QED) is 0.520. The summed E-state index contributed by atoms with van der Waals surface area (Å²) < 4.78 is 87.4. The molecule has 0 saturated heterocycles. The fourth-order valence-electron chi connectivity index (χ4n) is 2.70. The smallest absolute Gasteiger partial charge is 0.442 e. The molecule has 1 aliphatic rings. The van der Waals surface area contributed by atoms with Crippen LogP contribution in [0.5, 0.6) is 0 Å². The van der Waals surface area contributed by atoms with Crippen molar-refractivity contribution in [2.75, 3.05) is 5.32 Å². The number of rotatable bonds is 5. The van der Waals surface area contributed by atoms with Gasteiger partial charge in [0.05, 0.1) is 5.69 Å². The van der Waals surface area contributed by atoms with E-state index < -0.39 is 35.0 Å². The minimum atomic E-state index is -5.73. The van der Waals surface area contributed by atoms with Crippen molar-refractivity contribution in [1.82, 2.24) is 0 Å². The number of fused-ring (bicyclic) bond motifs is 1. The van der Waals surface area contributed by atoms with E-state index in [9.17, 15) is 26.3 Å². The van der Waals surface area contributed by atoms with Gasteiger partial charge in [0, 0.05) is 17.3 Å². The first kappa shape index (κ1) is 21.4. The summed E-state index contributed by atoms with van der Waals surface area (Å²) in [4.78, 5) is 3.87. The van der Waals surface area contributed by atoms with Crippen LogP contribution in [0.15, 0.2) is 23.2 Å². The van der Waals surface area contributed by atoms with Crippen LogP contribution in [0, 0.1) is 5.92 Å². The summed E-state index contributed by atoms with van der Waals surface area (Å²) in [6.45, 7) is 6.98. The van der Waals surface area contributed by atoms with E-state index in [2.05, 4.69) is 15.0 Å². The second-order valence-electron chi connectivity index (χ2n) is 7.09. The molecule has 1 heterocycles. The SMILES string of the molecule is CC(C)C[B]C1=Nc2ccc(NC(C)C)cc2C(C(F)(F)F)(C(F)(F)F)O1. The summed E-state index contributed by atoms with van der Waals surface area (Å²) in [6.07, 6.45) is -11.2. The van der Waals surface area contributed by atoms with Gasteiger partial charge in [0.25, 0.3) is 0 Å². The third-order valence-corrected chi connectivity index (χ3v) is 3.88. The number of anilines is 1. The van der Waals surface area contributed by atoms with Crippen molar-refractivity contribution in [2.24, 2.45) is 10.9 Å². The molecule has 0 fully saturated rings. The summed E-state index contributed by atoms with van der Waals surface area (Å²) >= 11 is 0. The van der Waals surface area contributed by atoms with E-state index in [0.717, 1.165) is 19.4 Å². The second kappa shape index (κ2) is 7.28. The number of benzene rings is 1. The van der Waals surface area contributed by atoms with Crippen molar-refractivity contribution in [3.05, 3.63) is 23.8 Å². The lowest BCUT2D eigenvalue weighted by molar-refractivity contribution is -0.369. The minimum absolute atomic E-state index is 0.0153. The van der Waals surface area contributed by atoms with E-state index in [-0.39, 0.29) is 24.0 Å². The summed E-state index contributed by atoms with van der Waals surface area (Å²) in [5.74, 6) is -0.670. The molecule has 0 aromatic heterocycles. The molecule has 1 aromatic rings. The van der Waals surface area contributed by atoms with E-state index >= 15 is 0 Å². The zero-order valence-corrected chi connectivity index (χ0v) is 15.3. The third-order valence-electron chi connectivity index (χ3n) is 3.88. The molecular weight excluding hydrogens is 373 g/mol. The predicted octanol–water partition coefficient (Wildman–Crippen LogP) is 5.62. The van der Waals surface area contributed by atoms with Gasteiger partial charge in [0.15, 0.2) is 0 Å². The van der Waals surface area contributed by atoms with Gasteiger partial charge in [-0.3, -0.25) is 0 Å². The zero-order chi connectivity index (χ0) is 20.6. The van der Waals surface area contributed by atoms with Crippen LogP contribution in [0.2, 0.25) is 6.32 Å². The van der Waals surface area contributed by atoms with Gasteiger partial charge in [-0.15, -0.1) is 0 Å². The highest BCUT2D eigenvalue weighted by atomic mass is 19.4. The van der Waals surface area contributed by atoms with Crippen LogP contribution in [0.1, 0.15) is 33.3 Å². The van der Waals surface area contributed by atoms with E-state index in [4.69, 9.17) is 0 Å². The first-order chi connectivity index (χ1) is 12.3. The summed E-state index contributed by atoms with van der Waals surface area (Å²) in [6, 6.07) is 3.15. The summed E-state index contributed by atoms with van der Waals surface area (Å²) in [5, 5.41) is 2.80. The maximum absolute atomic E-state index is 13.8. The number of hydrogen-bond donors (Lipinski definition) is 1. The fraction of sp³-hybridized carbons (Fsp3) is 0.588. The molecule has 2 rings (SSSR count). The van der Waals surface area contributed by atoms with Crippen molar-refractivity contribution >= 4 is 24.5 Å². The van der Waals surface area contributed by atoms with Gasteiger partial charge in [-0.25, -0.2) is 4.99 Å². The molecule has 1 radical (unpaired) electrons. The highest BCUT2D eigenvalue weighted by Crippen LogP contribution is 2.57. The Morgan fingerprint density at radius 3 is 2.15 bits per heavy atom. The first-order valence-electron chi connectivity index (χ1n) is 8.43. The van der Waals surface area contributed by atoms with E-state index in [1.165, 1.54) is 6.07 Å². The molecule has 0 unspecified atom stereocenters. The molecule has 0 spiro atoms. The zero-order valence-electron chi connectivity index (χ0n) is 15.3. The first-order valence-corrected chi connectivity index (χ1v) is 8.43. The molecule has 10 heteroatoms. The number of halogens is 6. The molecule has 149 valence electrons. The van der Waals surface area contributed by atoms with E-state index in [1.54, 1.807) is 27.7 Å². The number of ether oxygens (including phenoxy) is 1. The van der Waals surface area contributed by atoms with Crippen molar-refractivity contribution in [3.63, 3.8) is 0 Å². The van der Waals surface area contributed by atoms with Gasteiger partial charge in [-0.05, 0) is 32.0 Å². The molecule has 1 aromatic carbocycles. The number of aliphatic imine (C=N–C) groups is 1. The van der Waals surface area contributed by atoms with Crippen LogP contribution in [0.4, 0.5) is 37.7 Å². The Morgan fingerprint density at radius 1 is 1.07 bits per heavy atom. The van der Waals surface area contributed by atoms with Gasteiger partial charge in [-0.2, -0.15) is 26.3 Å². The normalized spacial score (nSPS) is 16.7. The highest BCUT2D eigenvalue weighted by molar-refractivity contribution is 6.73. The largest absolute Gasteiger partial charge is 0.461 e. The molecule has 1 aliphatic heterocycles. The molecule has 3 nitrogen and oxygen atoms in total. The molecule has 0 aliphatic carbocycles. The third kappa shape index (κ3) is 4.19. The predicted molar refractivity (Wildman–Crippen MR) is 92.6 cm³/mol. The lowest BCUT2D eigenvalue weighted by Gasteiger charge is -2.41. The number of nitrogens with zero attached hydrogens (tertiary/aromatic N) is 1. The van der Waals surface area contributed by atoms with Gasteiger partial charge < -0.3 is 10.1 Å². The van der Waals surface area contributed by atoms with Crippen LogP contribution in [-0.4, -0.2) is 31.5 Å². The Hall–Kier alpha value is -1.87. The lowest BCUT2D eigenvalue weighted by Crippen LogP contribution is -2.58. The van der Waals surface area contributed by atoms with Crippen molar-refractivity contribution in [3.8, 4) is 0 Å². The van der Waals surface area contributed by atoms with E-state index in [1.807, 2.05) is 0 Å². The molecular formula is C17H20BF6N2O. The minimum Gasteiger partial charge on any atom is -0.461 e. The lowest BCUT2D eigenvalue weighted by atomic mass is 9.69.